The number of aromatic nitrogens is 4. The van der Waals surface area contributed by atoms with Crippen molar-refractivity contribution in [2.45, 2.75) is 18.6 Å². The number of carbonyl (C=O) groups excluding carboxylic acids is 1. The maximum absolute atomic E-state index is 13.7. The van der Waals surface area contributed by atoms with E-state index in [1.54, 1.807) is 18.0 Å². The van der Waals surface area contributed by atoms with E-state index in [0.717, 1.165) is 23.3 Å². The SMILES string of the molecule is CCSc1nc(NCCOC)c2cnn(CCNC(=O)c3c(F)cccc3F)c2n1. The number of ether oxygens (including phenoxy) is 1. The molecule has 0 aliphatic heterocycles. The zero-order valence-corrected chi connectivity index (χ0v) is 17.4. The highest BCUT2D eigenvalue weighted by Gasteiger charge is 2.17. The molecule has 0 saturated carbocycles. The van der Waals surface area contributed by atoms with Crippen molar-refractivity contribution in [2.24, 2.45) is 0 Å². The zero-order chi connectivity index (χ0) is 21.5. The predicted molar refractivity (Wildman–Crippen MR) is 111 cm³/mol. The number of halogens is 2. The van der Waals surface area contributed by atoms with Crippen LogP contribution >= 0.6 is 11.8 Å². The summed E-state index contributed by atoms with van der Waals surface area (Å²) in [5, 5.41) is 11.4. The summed E-state index contributed by atoms with van der Waals surface area (Å²) in [6.07, 6.45) is 1.64. The number of amides is 1. The molecule has 30 heavy (non-hydrogen) atoms. The van der Waals surface area contributed by atoms with E-state index in [0.29, 0.717) is 29.8 Å². The Morgan fingerprint density at radius 1 is 1.23 bits per heavy atom. The van der Waals surface area contributed by atoms with Gasteiger partial charge in [0, 0.05) is 20.2 Å². The molecule has 0 spiro atoms. The molecule has 160 valence electrons. The van der Waals surface area contributed by atoms with Gasteiger partial charge in [0.2, 0.25) is 0 Å². The quantitative estimate of drug-likeness (QED) is 0.287. The number of fused-ring (bicyclic) bond motifs is 1. The summed E-state index contributed by atoms with van der Waals surface area (Å²) >= 11 is 1.50. The minimum Gasteiger partial charge on any atom is -0.383 e. The fraction of sp³-hybridized carbons (Fsp3) is 0.368. The van der Waals surface area contributed by atoms with Crippen LogP contribution in [0, 0.1) is 11.6 Å². The third kappa shape index (κ3) is 5.03. The maximum Gasteiger partial charge on any atom is 0.257 e. The van der Waals surface area contributed by atoms with Crippen molar-refractivity contribution in [3.8, 4) is 0 Å². The molecule has 2 aromatic heterocycles. The zero-order valence-electron chi connectivity index (χ0n) is 16.6. The number of benzene rings is 1. The molecule has 0 atom stereocenters. The number of nitrogens with one attached hydrogen (secondary N) is 2. The van der Waals surface area contributed by atoms with Gasteiger partial charge in [-0.1, -0.05) is 24.8 Å². The average molecular weight is 436 g/mol. The number of anilines is 1. The lowest BCUT2D eigenvalue weighted by atomic mass is 10.2. The molecule has 0 aliphatic rings. The number of nitrogens with zero attached hydrogens (tertiary/aromatic N) is 4. The van der Waals surface area contributed by atoms with E-state index < -0.39 is 23.1 Å². The molecular formula is C19H22F2N6O2S. The van der Waals surface area contributed by atoms with Crippen molar-refractivity contribution in [3.05, 3.63) is 41.6 Å². The first-order chi connectivity index (χ1) is 14.5. The van der Waals surface area contributed by atoms with Crippen LogP contribution in [0.25, 0.3) is 11.0 Å². The standard InChI is InChI=1S/C19H22F2N6O2S/c1-3-30-19-25-16(22-8-10-29-2)12-11-24-27(17(12)26-19)9-7-23-18(28)15-13(20)5-4-6-14(15)21/h4-6,11H,3,7-10H2,1-2H3,(H,23,28)(H,22,25,26). The Kier molecular flexibility index (Phi) is 7.52. The lowest BCUT2D eigenvalue weighted by Crippen LogP contribution is -2.29. The second kappa shape index (κ2) is 10.3. The van der Waals surface area contributed by atoms with Gasteiger partial charge in [-0.2, -0.15) is 5.10 Å². The molecular weight excluding hydrogens is 414 g/mol. The van der Waals surface area contributed by atoms with Gasteiger partial charge in [0.15, 0.2) is 10.8 Å². The first-order valence-electron chi connectivity index (χ1n) is 9.36. The van der Waals surface area contributed by atoms with Gasteiger partial charge in [0.1, 0.15) is 23.0 Å². The maximum atomic E-state index is 13.7. The van der Waals surface area contributed by atoms with Crippen LogP contribution in [0.1, 0.15) is 17.3 Å². The van der Waals surface area contributed by atoms with Gasteiger partial charge in [0.25, 0.3) is 5.91 Å². The van der Waals surface area contributed by atoms with Gasteiger partial charge < -0.3 is 15.4 Å². The van der Waals surface area contributed by atoms with Crippen molar-refractivity contribution < 1.29 is 18.3 Å². The summed E-state index contributed by atoms with van der Waals surface area (Å²) in [4.78, 5) is 21.2. The number of rotatable bonds is 10. The van der Waals surface area contributed by atoms with Crippen molar-refractivity contribution >= 4 is 34.5 Å². The van der Waals surface area contributed by atoms with Gasteiger partial charge >= 0.3 is 0 Å². The molecule has 3 rings (SSSR count). The molecule has 3 aromatic rings. The van der Waals surface area contributed by atoms with E-state index in [1.165, 1.54) is 17.8 Å². The minimum absolute atomic E-state index is 0.121. The van der Waals surface area contributed by atoms with Gasteiger partial charge in [-0.3, -0.25) is 4.79 Å². The number of hydrogen-bond donors (Lipinski definition) is 2. The minimum atomic E-state index is -0.905. The van der Waals surface area contributed by atoms with E-state index >= 15 is 0 Å². The summed E-state index contributed by atoms with van der Waals surface area (Å²) in [6.45, 7) is 3.50. The normalized spacial score (nSPS) is 11.1. The van der Waals surface area contributed by atoms with Gasteiger partial charge in [-0.05, 0) is 17.9 Å². The third-order valence-corrected chi connectivity index (χ3v) is 4.88. The second-order valence-corrected chi connectivity index (χ2v) is 7.40. The molecule has 0 saturated heterocycles. The van der Waals surface area contributed by atoms with E-state index in [-0.39, 0.29) is 13.1 Å². The molecule has 0 unspecified atom stereocenters. The van der Waals surface area contributed by atoms with Crippen LogP contribution in [0.5, 0.6) is 0 Å². The molecule has 1 amide bonds. The highest BCUT2D eigenvalue weighted by atomic mass is 32.2. The molecule has 11 heteroatoms. The lowest BCUT2D eigenvalue weighted by Gasteiger charge is -2.10. The molecule has 0 bridgehead atoms. The van der Waals surface area contributed by atoms with Crippen molar-refractivity contribution in [3.63, 3.8) is 0 Å². The van der Waals surface area contributed by atoms with Crippen LogP contribution in [-0.2, 0) is 11.3 Å². The molecule has 0 aliphatic carbocycles. The number of hydrogen-bond acceptors (Lipinski definition) is 7. The van der Waals surface area contributed by atoms with Gasteiger partial charge in [-0.25, -0.2) is 23.4 Å². The topological polar surface area (TPSA) is 94.0 Å². The van der Waals surface area contributed by atoms with Crippen LogP contribution < -0.4 is 10.6 Å². The van der Waals surface area contributed by atoms with Crippen LogP contribution in [-0.4, -0.2) is 58.2 Å². The summed E-state index contributed by atoms with van der Waals surface area (Å²) in [7, 11) is 1.62. The van der Waals surface area contributed by atoms with Crippen LogP contribution in [0.3, 0.4) is 0 Å². The molecule has 1 aromatic carbocycles. The van der Waals surface area contributed by atoms with E-state index in [2.05, 4.69) is 25.7 Å². The van der Waals surface area contributed by atoms with Crippen molar-refractivity contribution in [1.29, 1.82) is 0 Å². The smallest absolute Gasteiger partial charge is 0.257 e. The summed E-state index contributed by atoms with van der Waals surface area (Å²) in [5.41, 5.74) is 0.00333. The Balaban J connectivity index is 1.75. The molecule has 2 heterocycles. The number of carbonyl (C=O) groups is 1. The average Bonchev–Trinajstić information content (AvgIpc) is 3.11. The van der Waals surface area contributed by atoms with Crippen LogP contribution in [0.15, 0.2) is 29.6 Å². The van der Waals surface area contributed by atoms with E-state index in [1.807, 2.05) is 6.92 Å². The van der Waals surface area contributed by atoms with Crippen LogP contribution in [0.2, 0.25) is 0 Å². The van der Waals surface area contributed by atoms with Gasteiger partial charge in [0.05, 0.1) is 24.7 Å². The molecule has 2 N–H and O–H groups in total. The monoisotopic (exact) mass is 436 g/mol. The lowest BCUT2D eigenvalue weighted by molar-refractivity contribution is 0.0943. The predicted octanol–water partition coefficient (Wildman–Crippen LogP) is 2.70. The van der Waals surface area contributed by atoms with E-state index in [4.69, 9.17) is 4.74 Å². The summed E-state index contributed by atoms with van der Waals surface area (Å²) in [5.74, 6) is -1.17. The fourth-order valence-electron chi connectivity index (χ4n) is 2.78. The molecule has 8 nitrogen and oxygen atoms in total. The fourth-order valence-corrected chi connectivity index (χ4v) is 3.34. The number of methoxy groups -OCH3 is 1. The highest BCUT2D eigenvalue weighted by Crippen LogP contribution is 2.24. The number of thioether (sulfide) groups is 1. The highest BCUT2D eigenvalue weighted by molar-refractivity contribution is 7.99. The Morgan fingerprint density at radius 2 is 2.00 bits per heavy atom. The largest absolute Gasteiger partial charge is 0.383 e. The van der Waals surface area contributed by atoms with Crippen LogP contribution in [0.4, 0.5) is 14.6 Å². The first kappa shape index (κ1) is 21.9. The van der Waals surface area contributed by atoms with Crippen molar-refractivity contribution in [1.82, 2.24) is 25.1 Å². The second-order valence-electron chi connectivity index (χ2n) is 6.16. The Morgan fingerprint density at radius 3 is 2.70 bits per heavy atom. The van der Waals surface area contributed by atoms with E-state index in [9.17, 15) is 13.6 Å². The summed E-state index contributed by atoms with van der Waals surface area (Å²) in [6, 6.07) is 3.29. The Labute approximate surface area is 176 Å². The first-order valence-corrected chi connectivity index (χ1v) is 10.3. The Hall–Kier alpha value is -2.79. The molecule has 0 radical (unpaired) electrons. The summed E-state index contributed by atoms with van der Waals surface area (Å²) < 4.78 is 34.2. The molecule has 0 fully saturated rings. The Bertz CT molecular complexity index is 1010. The van der Waals surface area contributed by atoms with Crippen molar-refractivity contribution in [2.75, 3.05) is 37.9 Å². The third-order valence-electron chi connectivity index (χ3n) is 4.15. The van der Waals surface area contributed by atoms with Gasteiger partial charge in [-0.15, -0.1) is 0 Å².